The molecule has 0 saturated carbocycles. The van der Waals surface area contributed by atoms with Crippen LogP contribution in [0.1, 0.15) is 18.9 Å². The summed E-state index contributed by atoms with van der Waals surface area (Å²) in [5.41, 5.74) is 0.454. The summed E-state index contributed by atoms with van der Waals surface area (Å²) < 4.78 is 0. The van der Waals surface area contributed by atoms with Crippen LogP contribution in [0.5, 0.6) is 0 Å². The third-order valence-corrected chi connectivity index (χ3v) is 4.38. The summed E-state index contributed by atoms with van der Waals surface area (Å²) in [4.78, 5) is 15.8. The van der Waals surface area contributed by atoms with Crippen molar-refractivity contribution < 1.29 is 9.90 Å². The molecule has 1 N–H and O–H groups in total. The third-order valence-electron chi connectivity index (χ3n) is 4.14. The summed E-state index contributed by atoms with van der Waals surface area (Å²) >= 11 is 6.08. The fraction of sp³-hybridized carbons (Fsp3) is 0.533. The molecule has 1 aliphatic rings. The van der Waals surface area contributed by atoms with E-state index >= 15 is 0 Å². The van der Waals surface area contributed by atoms with Gasteiger partial charge in [0, 0.05) is 31.2 Å². The first kappa shape index (κ1) is 15.3. The topological polar surface area (TPSA) is 43.8 Å². The van der Waals surface area contributed by atoms with Crippen LogP contribution in [0.15, 0.2) is 24.3 Å². The molecular weight excluding hydrogens is 276 g/mol. The Morgan fingerprint density at radius 2 is 2.00 bits per heavy atom. The van der Waals surface area contributed by atoms with Gasteiger partial charge in [-0.3, -0.25) is 9.69 Å². The Kier molecular flexibility index (Phi) is 4.68. The van der Waals surface area contributed by atoms with Gasteiger partial charge in [0.25, 0.3) is 0 Å². The van der Waals surface area contributed by atoms with Gasteiger partial charge in [0.1, 0.15) is 0 Å². The number of rotatable bonds is 4. The fourth-order valence-electron chi connectivity index (χ4n) is 2.81. The summed E-state index contributed by atoms with van der Waals surface area (Å²) in [6, 6.07) is 7.54. The number of hydrogen-bond donors (Lipinski definition) is 1. The molecule has 1 fully saturated rings. The highest BCUT2D eigenvalue weighted by atomic mass is 35.5. The van der Waals surface area contributed by atoms with Gasteiger partial charge in [-0.15, -0.1) is 0 Å². The summed E-state index contributed by atoms with van der Waals surface area (Å²) in [5, 5.41) is 9.94. The summed E-state index contributed by atoms with van der Waals surface area (Å²) in [5.74, 6) is -0.786. The van der Waals surface area contributed by atoms with Gasteiger partial charge in [0.05, 0.1) is 12.0 Å². The number of nitrogens with zero attached hydrogens (tertiary/aromatic N) is 2. The van der Waals surface area contributed by atoms with Gasteiger partial charge in [-0.05, 0) is 31.7 Å². The molecule has 0 aromatic heterocycles. The van der Waals surface area contributed by atoms with Crippen molar-refractivity contribution in [1.82, 2.24) is 9.80 Å². The molecule has 1 aromatic carbocycles. The number of carbonyl (C=O) groups is 1. The van der Waals surface area contributed by atoms with Crippen molar-refractivity contribution in [3.63, 3.8) is 0 Å². The Hall–Kier alpha value is -1.10. The second-order valence-corrected chi connectivity index (χ2v) is 6.08. The monoisotopic (exact) mass is 296 g/mol. The van der Waals surface area contributed by atoms with E-state index in [2.05, 4.69) is 16.8 Å². The van der Waals surface area contributed by atoms with Gasteiger partial charge in [-0.2, -0.15) is 0 Å². The standard InChI is InChI=1S/C15H21ClN2O2/c1-15(11-14(19)20,12-4-3-5-13(16)10-12)18-8-6-17(2)7-9-18/h3-5,10H,6-9,11H2,1-2H3,(H,19,20). The average molecular weight is 297 g/mol. The van der Waals surface area contributed by atoms with Crippen molar-refractivity contribution in [2.24, 2.45) is 0 Å². The van der Waals surface area contributed by atoms with Crippen LogP contribution in [-0.4, -0.2) is 54.1 Å². The molecule has 0 spiro atoms. The van der Waals surface area contributed by atoms with Crippen LogP contribution in [0.4, 0.5) is 0 Å². The Morgan fingerprint density at radius 1 is 1.35 bits per heavy atom. The Morgan fingerprint density at radius 3 is 2.55 bits per heavy atom. The van der Waals surface area contributed by atoms with Crippen molar-refractivity contribution in [2.45, 2.75) is 18.9 Å². The molecular formula is C15H21ClN2O2. The highest BCUT2D eigenvalue weighted by molar-refractivity contribution is 6.30. The van der Waals surface area contributed by atoms with Crippen molar-refractivity contribution in [1.29, 1.82) is 0 Å². The lowest BCUT2D eigenvalue weighted by molar-refractivity contribution is -0.140. The van der Waals surface area contributed by atoms with Gasteiger partial charge >= 0.3 is 5.97 Å². The lowest BCUT2D eigenvalue weighted by Gasteiger charge is -2.45. The molecule has 4 nitrogen and oxygen atoms in total. The number of benzene rings is 1. The first-order chi connectivity index (χ1) is 9.41. The number of carboxylic acids is 1. The van der Waals surface area contributed by atoms with Gasteiger partial charge in [-0.1, -0.05) is 23.7 Å². The van der Waals surface area contributed by atoms with Gasteiger partial charge in [0.2, 0.25) is 0 Å². The van der Waals surface area contributed by atoms with Crippen LogP contribution in [0, 0.1) is 0 Å². The van der Waals surface area contributed by atoms with Crippen molar-refractivity contribution in [3.05, 3.63) is 34.9 Å². The lowest BCUT2D eigenvalue weighted by atomic mass is 9.86. The molecule has 2 rings (SSSR count). The van der Waals surface area contributed by atoms with Crippen LogP contribution >= 0.6 is 11.6 Å². The number of piperazine rings is 1. The van der Waals surface area contributed by atoms with E-state index in [0.717, 1.165) is 31.7 Å². The number of likely N-dealkylation sites (N-methyl/N-ethyl adjacent to an activating group) is 1. The number of aliphatic carboxylic acids is 1. The second-order valence-electron chi connectivity index (χ2n) is 5.65. The number of halogens is 1. The molecule has 1 heterocycles. The lowest BCUT2D eigenvalue weighted by Crippen LogP contribution is -2.54. The predicted octanol–water partition coefficient (Wildman–Crippen LogP) is 2.28. The van der Waals surface area contributed by atoms with Crippen LogP contribution in [0.2, 0.25) is 5.02 Å². The molecule has 0 bridgehead atoms. The molecule has 5 heteroatoms. The first-order valence-electron chi connectivity index (χ1n) is 6.83. The Bertz CT molecular complexity index is 487. The van der Waals surface area contributed by atoms with Gasteiger partial charge < -0.3 is 10.0 Å². The van der Waals surface area contributed by atoms with E-state index in [-0.39, 0.29) is 6.42 Å². The normalized spacial score (nSPS) is 20.6. The number of hydrogen-bond acceptors (Lipinski definition) is 3. The van der Waals surface area contributed by atoms with Gasteiger partial charge in [-0.25, -0.2) is 0 Å². The molecule has 0 radical (unpaired) electrons. The molecule has 110 valence electrons. The summed E-state index contributed by atoms with van der Waals surface area (Å²) in [6.45, 7) is 5.64. The largest absolute Gasteiger partial charge is 0.481 e. The SMILES string of the molecule is CN1CCN(C(C)(CC(=O)O)c2cccc(Cl)c2)CC1. The van der Waals surface area contributed by atoms with Crippen LogP contribution in [0.3, 0.4) is 0 Å². The maximum Gasteiger partial charge on any atom is 0.305 e. The number of carboxylic acid groups (broad SMARTS) is 1. The van der Waals surface area contributed by atoms with Crippen LogP contribution < -0.4 is 0 Å². The van der Waals surface area contributed by atoms with E-state index in [0.29, 0.717) is 5.02 Å². The minimum atomic E-state index is -0.786. The van der Waals surface area contributed by atoms with Crippen molar-refractivity contribution in [3.8, 4) is 0 Å². The first-order valence-corrected chi connectivity index (χ1v) is 7.21. The highest BCUT2D eigenvalue weighted by Gasteiger charge is 2.37. The maximum atomic E-state index is 11.3. The molecule has 1 saturated heterocycles. The molecule has 20 heavy (non-hydrogen) atoms. The minimum absolute atomic E-state index is 0.0804. The van der Waals surface area contributed by atoms with E-state index in [4.69, 9.17) is 11.6 Å². The zero-order valence-corrected chi connectivity index (χ0v) is 12.7. The van der Waals surface area contributed by atoms with Crippen molar-refractivity contribution >= 4 is 17.6 Å². The molecule has 0 amide bonds. The second kappa shape index (κ2) is 6.12. The van der Waals surface area contributed by atoms with E-state index in [9.17, 15) is 9.90 Å². The smallest absolute Gasteiger partial charge is 0.305 e. The quantitative estimate of drug-likeness (QED) is 0.926. The zero-order valence-electron chi connectivity index (χ0n) is 12.0. The van der Waals surface area contributed by atoms with Crippen molar-refractivity contribution in [2.75, 3.05) is 33.2 Å². The molecule has 1 atom stereocenters. The highest BCUT2D eigenvalue weighted by Crippen LogP contribution is 2.34. The van der Waals surface area contributed by atoms with Crippen LogP contribution in [-0.2, 0) is 10.3 Å². The van der Waals surface area contributed by atoms with E-state index in [1.165, 1.54) is 0 Å². The van der Waals surface area contributed by atoms with Crippen LogP contribution in [0.25, 0.3) is 0 Å². The molecule has 0 aliphatic carbocycles. The summed E-state index contributed by atoms with van der Waals surface area (Å²) in [7, 11) is 2.09. The van der Waals surface area contributed by atoms with E-state index < -0.39 is 11.5 Å². The third kappa shape index (κ3) is 3.32. The average Bonchev–Trinajstić information content (AvgIpc) is 2.38. The minimum Gasteiger partial charge on any atom is -0.481 e. The zero-order chi connectivity index (χ0) is 14.8. The van der Waals surface area contributed by atoms with E-state index in [1.807, 2.05) is 31.2 Å². The Balaban J connectivity index is 2.32. The van der Waals surface area contributed by atoms with E-state index in [1.54, 1.807) is 0 Å². The molecule has 1 unspecified atom stereocenters. The maximum absolute atomic E-state index is 11.3. The molecule has 1 aliphatic heterocycles. The summed E-state index contributed by atoms with van der Waals surface area (Å²) in [6.07, 6.45) is 0.0804. The predicted molar refractivity (Wildman–Crippen MR) is 80.1 cm³/mol. The Labute approximate surface area is 124 Å². The fourth-order valence-corrected chi connectivity index (χ4v) is 3.00. The van der Waals surface area contributed by atoms with Gasteiger partial charge in [0.15, 0.2) is 0 Å². The molecule has 1 aromatic rings.